The number of halogens is 1. The van der Waals surface area contributed by atoms with Crippen LogP contribution in [0.1, 0.15) is 58.8 Å². The second kappa shape index (κ2) is 14.5. The summed E-state index contributed by atoms with van der Waals surface area (Å²) >= 11 is 0. The molecule has 6 rings (SSSR count). The minimum absolute atomic E-state index is 0.0642. The molecule has 4 amide bonds. The third-order valence-corrected chi connectivity index (χ3v) is 12.6. The number of sulfonamides is 1. The first-order chi connectivity index (χ1) is 24.8. The van der Waals surface area contributed by atoms with Crippen molar-refractivity contribution in [3.8, 4) is 11.6 Å². The summed E-state index contributed by atoms with van der Waals surface area (Å²) in [6.07, 6.45) is 2.83. The number of benzene rings is 1. The lowest BCUT2D eigenvalue weighted by atomic mass is 10.0. The number of rotatable bonds is 9. The van der Waals surface area contributed by atoms with Gasteiger partial charge in [0.15, 0.2) is 0 Å². The van der Waals surface area contributed by atoms with Crippen LogP contribution in [0.3, 0.4) is 0 Å². The summed E-state index contributed by atoms with van der Waals surface area (Å²) in [6.45, 7) is 2.25. The molecule has 0 unspecified atom stereocenters. The number of aromatic nitrogens is 1. The molecule has 2 aliphatic carbocycles. The van der Waals surface area contributed by atoms with Gasteiger partial charge in [0.05, 0.1) is 32.1 Å². The number of nitrogens with one attached hydrogen (secondary N) is 3. The highest BCUT2D eigenvalue weighted by Crippen LogP contribution is 2.48. The minimum atomic E-state index is -4.40. The zero-order valence-electron chi connectivity index (χ0n) is 29.2. The molecule has 17 heteroatoms. The fraction of sp³-hybridized carbons (Fsp3) is 0.571. The van der Waals surface area contributed by atoms with E-state index in [9.17, 15) is 37.1 Å². The average Bonchev–Trinajstić information content (AvgIpc) is 4.02. The van der Waals surface area contributed by atoms with Gasteiger partial charge in [-0.05, 0) is 51.5 Å². The number of carboxylic acid groups (broad SMARTS) is 1. The van der Waals surface area contributed by atoms with E-state index in [2.05, 4.69) is 15.6 Å². The molecule has 52 heavy (non-hydrogen) atoms. The summed E-state index contributed by atoms with van der Waals surface area (Å²) in [5.74, 6) is -2.36. The molecule has 0 bridgehead atoms. The first-order valence-corrected chi connectivity index (χ1v) is 18.9. The molecule has 3 fully saturated rings. The smallest absolute Gasteiger partial charge is 0.405 e. The van der Waals surface area contributed by atoms with Gasteiger partial charge in [0.2, 0.25) is 27.7 Å². The number of ether oxygens (including phenoxy) is 3. The molecule has 4 N–H and O–H groups in total. The summed E-state index contributed by atoms with van der Waals surface area (Å²) in [5.41, 5.74) is -1.69. The third kappa shape index (κ3) is 7.12. The van der Waals surface area contributed by atoms with Crippen molar-refractivity contribution in [3.63, 3.8) is 0 Å². The Kier molecular flexibility index (Phi) is 10.4. The molecule has 282 valence electrons. The van der Waals surface area contributed by atoms with Crippen molar-refractivity contribution in [2.75, 3.05) is 20.3 Å². The molecule has 2 aromatic rings. The number of nitrogens with zero attached hydrogens (tertiary/aromatic N) is 2. The van der Waals surface area contributed by atoms with E-state index in [0.717, 1.165) is 5.39 Å². The van der Waals surface area contributed by atoms with Gasteiger partial charge in [-0.25, -0.2) is 22.6 Å². The molecule has 4 aliphatic rings. The molecule has 2 saturated carbocycles. The van der Waals surface area contributed by atoms with Crippen LogP contribution in [0.15, 0.2) is 42.6 Å². The standard InChI is InChI=1S/C35H44FN5O10S/c1-4-26-28(38-33(45)46)31(43)41-18-22(51-30-24-12-8-7-11-23(24)27(49-3)17-37-30)15-25(41)29(42)39-35(16-21(35)10-6-5-9-20(2)50-26)32(44)40-52(47,48)34(19-36)13-14-34/h6-8,10-12,17,20-22,25-26,28,38H,4-5,9,13-16,18-19H2,1-3H3,(H,39,42)(H,40,44)(H,45,46)/b10-6-/t20-,21-,22-,25+,26+,28+,35-/m1/s1. The van der Waals surface area contributed by atoms with E-state index in [-0.39, 0.29) is 44.5 Å². The van der Waals surface area contributed by atoms with Crippen LogP contribution in [-0.4, -0.2) is 108 Å². The molecule has 2 aliphatic heterocycles. The Labute approximate surface area is 300 Å². The SMILES string of the molecule is CC[C@@H]1O[C@H](C)CC/C=C\[C@@H]2C[C@@]2(C(=O)NS(=O)(=O)C2(CF)CC2)NC(=O)[C@@H]2C[C@@H](Oc3ncc(OC)c4ccccc34)CN2C(=O)[C@H]1NC(=O)O. The van der Waals surface area contributed by atoms with Crippen molar-refractivity contribution in [1.29, 1.82) is 0 Å². The lowest BCUT2D eigenvalue weighted by Crippen LogP contribution is -2.60. The Morgan fingerprint density at radius 2 is 1.94 bits per heavy atom. The van der Waals surface area contributed by atoms with Gasteiger partial charge < -0.3 is 34.9 Å². The van der Waals surface area contributed by atoms with E-state index in [4.69, 9.17) is 14.2 Å². The van der Waals surface area contributed by atoms with Gasteiger partial charge in [-0.2, -0.15) is 0 Å². The number of alkyl halides is 1. The number of fused-ring (bicyclic) bond motifs is 3. The monoisotopic (exact) mass is 745 g/mol. The number of pyridine rings is 1. The quantitative estimate of drug-likeness (QED) is 0.275. The van der Waals surface area contributed by atoms with Crippen molar-refractivity contribution in [2.24, 2.45) is 5.92 Å². The maximum atomic E-state index is 14.4. The third-order valence-electron chi connectivity index (χ3n) is 10.5. The number of carbonyl (C=O) groups is 4. The van der Waals surface area contributed by atoms with Crippen LogP contribution in [0.2, 0.25) is 0 Å². The number of methoxy groups -OCH3 is 1. The fourth-order valence-electron chi connectivity index (χ4n) is 7.14. The maximum absolute atomic E-state index is 14.4. The predicted octanol–water partition coefficient (Wildman–Crippen LogP) is 2.58. The predicted molar refractivity (Wildman–Crippen MR) is 185 cm³/mol. The Bertz CT molecular complexity index is 1870. The Hall–Kier alpha value is -4.51. The summed E-state index contributed by atoms with van der Waals surface area (Å²) < 4.78 is 58.3. The average molecular weight is 746 g/mol. The zero-order chi connectivity index (χ0) is 37.4. The van der Waals surface area contributed by atoms with Gasteiger partial charge in [-0.1, -0.05) is 37.3 Å². The summed E-state index contributed by atoms with van der Waals surface area (Å²) in [6, 6.07) is 4.57. The van der Waals surface area contributed by atoms with Gasteiger partial charge in [-0.15, -0.1) is 0 Å². The molecule has 7 atom stereocenters. The van der Waals surface area contributed by atoms with Crippen LogP contribution in [-0.2, 0) is 29.1 Å². The number of carbonyl (C=O) groups excluding carboxylic acids is 3. The van der Waals surface area contributed by atoms with Crippen LogP contribution in [0, 0.1) is 5.92 Å². The van der Waals surface area contributed by atoms with Crippen LogP contribution in [0.5, 0.6) is 11.6 Å². The topological polar surface area (TPSA) is 203 Å². The fourth-order valence-corrected chi connectivity index (χ4v) is 8.57. The van der Waals surface area contributed by atoms with E-state index in [1.165, 1.54) is 18.2 Å². The van der Waals surface area contributed by atoms with Gasteiger partial charge in [0.25, 0.3) is 5.91 Å². The van der Waals surface area contributed by atoms with Gasteiger partial charge in [0, 0.05) is 23.1 Å². The number of amides is 4. The lowest BCUT2D eigenvalue weighted by molar-refractivity contribution is -0.145. The van der Waals surface area contributed by atoms with Crippen molar-refractivity contribution in [1.82, 2.24) is 25.2 Å². The van der Waals surface area contributed by atoms with E-state index in [1.807, 2.05) is 16.9 Å². The van der Waals surface area contributed by atoms with Gasteiger partial charge >= 0.3 is 6.09 Å². The van der Waals surface area contributed by atoms with Crippen molar-refractivity contribution in [2.45, 2.75) is 99.5 Å². The highest BCUT2D eigenvalue weighted by molar-refractivity contribution is 7.91. The van der Waals surface area contributed by atoms with E-state index >= 15 is 0 Å². The molecular formula is C35H44FN5O10S. The number of hydrogen-bond donors (Lipinski definition) is 4. The largest absolute Gasteiger partial charge is 0.494 e. The van der Waals surface area contributed by atoms with Crippen molar-refractivity contribution < 1.29 is 51.3 Å². The summed E-state index contributed by atoms with van der Waals surface area (Å²) in [5, 5.41) is 16.2. The van der Waals surface area contributed by atoms with Crippen LogP contribution < -0.4 is 24.8 Å². The zero-order valence-corrected chi connectivity index (χ0v) is 30.0. The minimum Gasteiger partial charge on any atom is -0.494 e. The normalized spacial score (nSPS) is 30.8. The summed E-state index contributed by atoms with van der Waals surface area (Å²) in [7, 11) is -2.89. The maximum Gasteiger partial charge on any atom is 0.405 e. The first kappa shape index (κ1) is 37.3. The molecule has 15 nitrogen and oxygen atoms in total. The van der Waals surface area contributed by atoms with Crippen LogP contribution >= 0.6 is 0 Å². The van der Waals surface area contributed by atoms with Gasteiger partial charge in [-0.3, -0.25) is 19.1 Å². The highest BCUT2D eigenvalue weighted by Gasteiger charge is 2.64. The molecular weight excluding hydrogens is 701 g/mol. The van der Waals surface area contributed by atoms with E-state index in [0.29, 0.717) is 24.0 Å². The molecule has 1 aromatic carbocycles. The van der Waals surface area contributed by atoms with Crippen LogP contribution in [0.4, 0.5) is 9.18 Å². The van der Waals surface area contributed by atoms with E-state index < -0.39 is 87.1 Å². The Morgan fingerprint density at radius 1 is 1.21 bits per heavy atom. The molecule has 3 heterocycles. The number of hydrogen-bond acceptors (Lipinski definition) is 10. The summed E-state index contributed by atoms with van der Waals surface area (Å²) in [4.78, 5) is 60.1. The number of allylic oxidation sites excluding steroid dienone is 1. The first-order valence-electron chi connectivity index (χ1n) is 17.4. The molecule has 0 radical (unpaired) electrons. The second-order valence-electron chi connectivity index (χ2n) is 14.0. The van der Waals surface area contributed by atoms with E-state index in [1.54, 1.807) is 38.1 Å². The molecule has 1 saturated heterocycles. The molecule has 0 spiro atoms. The van der Waals surface area contributed by atoms with Gasteiger partial charge in [0.1, 0.15) is 40.9 Å². The van der Waals surface area contributed by atoms with Crippen LogP contribution in [0.25, 0.3) is 10.8 Å². The Balaban J connectivity index is 1.35. The Morgan fingerprint density at radius 3 is 2.60 bits per heavy atom. The van der Waals surface area contributed by atoms with Crippen molar-refractivity contribution >= 4 is 44.6 Å². The van der Waals surface area contributed by atoms with Crippen molar-refractivity contribution in [3.05, 3.63) is 42.6 Å². The highest BCUT2D eigenvalue weighted by atomic mass is 32.2. The molecule has 1 aromatic heterocycles. The lowest BCUT2D eigenvalue weighted by Gasteiger charge is -2.33. The second-order valence-corrected chi connectivity index (χ2v) is 16.1.